The third-order valence-corrected chi connectivity index (χ3v) is 2.50. The minimum absolute atomic E-state index is 0.159. The van der Waals surface area contributed by atoms with E-state index in [0.717, 1.165) is 0 Å². The van der Waals surface area contributed by atoms with Crippen LogP contribution in [0, 0.1) is 17.1 Å². The second-order valence-electron chi connectivity index (χ2n) is 3.80. The molecule has 4 nitrogen and oxygen atoms in total. The van der Waals surface area contributed by atoms with Crippen LogP contribution in [-0.2, 0) is 4.79 Å². The van der Waals surface area contributed by atoms with Crippen molar-refractivity contribution in [3.63, 3.8) is 0 Å². The largest absolute Gasteiger partial charge is 0.322 e. The smallest absolute Gasteiger partial charge is 0.238 e. The lowest BCUT2D eigenvalue weighted by Gasteiger charge is -2.18. The first-order chi connectivity index (χ1) is 8.67. The third kappa shape index (κ3) is 4.52. The molecule has 0 spiro atoms. The van der Waals surface area contributed by atoms with Crippen LogP contribution >= 0.6 is 0 Å². The van der Waals surface area contributed by atoms with Gasteiger partial charge < -0.3 is 5.32 Å². The summed E-state index contributed by atoms with van der Waals surface area (Å²) in [5.74, 6) is -0.731. The summed E-state index contributed by atoms with van der Waals surface area (Å²) >= 11 is 0. The first-order valence-electron chi connectivity index (χ1n) is 5.81. The van der Waals surface area contributed by atoms with Gasteiger partial charge in [-0.1, -0.05) is 19.1 Å². The maximum absolute atomic E-state index is 13.3. The Morgan fingerprint density at radius 1 is 1.50 bits per heavy atom. The summed E-state index contributed by atoms with van der Waals surface area (Å²) in [6.45, 7) is 3.28. The van der Waals surface area contributed by atoms with Gasteiger partial charge in [-0.25, -0.2) is 4.39 Å². The minimum atomic E-state index is -0.453. The van der Waals surface area contributed by atoms with Crippen molar-refractivity contribution in [3.05, 3.63) is 30.1 Å². The molecule has 0 atom stereocenters. The normalized spacial score (nSPS) is 10.1. The molecule has 0 saturated carbocycles. The molecule has 0 saturated heterocycles. The zero-order valence-electron chi connectivity index (χ0n) is 10.3. The van der Waals surface area contributed by atoms with E-state index in [1.54, 1.807) is 12.1 Å². The van der Waals surface area contributed by atoms with Gasteiger partial charge in [0.15, 0.2) is 0 Å². The summed E-state index contributed by atoms with van der Waals surface area (Å²) in [6, 6.07) is 8.06. The van der Waals surface area contributed by atoms with Gasteiger partial charge in [0, 0.05) is 13.0 Å². The second kappa shape index (κ2) is 7.41. The van der Waals surface area contributed by atoms with Crippen LogP contribution in [-0.4, -0.2) is 30.4 Å². The lowest BCUT2D eigenvalue weighted by Crippen LogP contribution is -2.33. The number of benzene rings is 1. The maximum Gasteiger partial charge on any atom is 0.238 e. The van der Waals surface area contributed by atoms with E-state index in [0.29, 0.717) is 19.5 Å². The number of likely N-dealkylation sites (N-methyl/N-ethyl adjacent to an activating group) is 1. The number of hydrogen-bond donors (Lipinski definition) is 1. The number of halogens is 1. The molecule has 0 aromatic heterocycles. The highest BCUT2D eigenvalue weighted by Gasteiger charge is 2.10. The topological polar surface area (TPSA) is 56.1 Å². The van der Waals surface area contributed by atoms with Gasteiger partial charge in [0.1, 0.15) is 5.82 Å². The lowest BCUT2D eigenvalue weighted by molar-refractivity contribution is -0.117. The van der Waals surface area contributed by atoms with Crippen molar-refractivity contribution in [2.45, 2.75) is 13.3 Å². The van der Waals surface area contributed by atoms with Crippen LogP contribution in [0.4, 0.5) is 10.1 Å². The Balaban J connectivity index is 2.51. The van der Waals surface area contributed by atoms with Crippen molar-refractivity contribution in [3.8, 4) is 6.07 Å². The molecule has 96 valence electrons. The molecule has 1 N–H and O–H groups in total. The fourth-order valence-electron chi connectivity index (χ4n) is 1.51. The SMILES string of the molecule is CCN(CCC#N)CC(=O)Nc1ccccc1F. The van der Waals surface area contributed by atoms with Crippen molar-refractivity contribution in [1.82, 2.24) is 4.90 Å². The highest BCUT2D eigenvalue weighted by Crippen LogP contribution is 2.12. The number of nitrogens with zero attached hydrogens (tertiary/aromatic N) is 2. The van der Waals surface area contributed by atoms with E-state index < -0.39 is 5.82 Å². The van der Waals surface area contributed by atoms with Crippen molar-refractivity contribution in [1.29, 1.82) is 5.26 Å². The molecule has 0 unspecified atom stereocenters. The van der Waals surface area contributed by atoms with Gasteiger partial charge >= 0.3 is 0 Å². The molecule has 0 radical (unpaired) electrons. The minimum Gasteiger partial charge on any atom is -0.322 e. The number of para-hydroxylation sites is 1. The summed E-state index contributed by atoms with van der Waals surface area (Å²) in [7, 11) is 0. The van der Waals surface area contributed by atoms with Crippen molar-refractivity contribution in [2.24, 2.45) is 0 Å². The Morgan fingerprint density at radius 2 is 2.22 bits per heavy atom. The van der Waals surface area contributed by atoms with Gasteiger partial charge in [-0.05, 0) is 18.7 Å². The molecule has 1 aromatic carbocycles. The monoisotopic (exact) mass is 249 g/mol. The summed E-state index contributed by atoms with van der Waals surface area (Å²) in [5.41, 5.74) is 0.179. The molecule has 1 rings (SSSR count). The Kier molecular flexibility index (Phi) is 5.81. The van der Waals surface area contributed by atoms with E-state index in [-0.39, 0.29) is 18.1 Å². The fourth-order valence-corrected chi connectivity index (χ4v) is 1.51. The van der Waals surface area contributed by atoms with Crippen LogP contribution in [0.1, 0.15) is 13.3 Å². The van der Waals surface area contributed by atoms with Gasteiger partial charge in [0.05, 0.1) is 18.3 Å². The molecular formula is C13H16FN3O. The fraction of sp³-hybridized carbons (Fsp3) is 0.385. The molecule has 0 aliphatic carbocycles. The van der Waals surface area contributed by atoms with Gasteiger partial charge in [-0.3, -0.25) is 9.69 Å². The molecule has 18 heavy (non-hydrogen) atoms. The Bertz CT molecular complexity index is 442. The van der Waals surface area contributed by atoms with E-state index in [9.17, 15) is 9.18 Å². The van der Waals surface area contributed by atoms with Gasteiger partial charge in [-0.15, -0.1) is 0 Å². The molecule has 1 amide bonds. The van der Waals surface area contributed by atoms with Crippen molar-refractivity contribution < 1.29 is 9.18 Å². The molecule has 0 aliphatic heterocycles. The number of hydrogen-bond acceptors (Lipinski definition) is 3. The number of anilines is 1. The quantitative estimate of drug-likeness (QED) is 0.839. The molecular weight excluding hydrogens is 233 g/mol. The summed E-state index contributed by atoms with van der Waals surface area (Å²) in [5, 5.41) is 11.0. The molecule has 1 aromatic rings. The van der Waals surface area contributed by atoms with Gasteiger partial charge in [0.25, 0.3) is 0 Å². The zero-order chi connectivity index (χ0) is 13.4. The maximum atomic E-state index is 13.3. The van der Waals surface area contributed by atoms with Gasteiger partial charge in [0.2, 0.25) is 5.91 Å². The van der Waals surface area contributed by atoms with E-state index in [4.69, 9.17) is 5.26 Å². The van der Waals surface area contributed by atoms with E-state index in [1.165, 1.54) is 12.1 Å². The highest BCUT2D eigenvalue weighted by atomic mass is 19.1. The predicted molar refractivity (Wildman–Crippen MR) is 67.4 cm³/mol. The van der Waals surface area contributed by atoms with Crippen LogP contribution < -0.4 is 5.32 Å². The van der Waals surface area contributed by atoms with Crippen molar-refractivity contribution in [2.75, 3.05) is 25.0 Å². The molecule has 0 bridgehead atoms. The van der Waals surface area contributed by atoms with E-state index >= 15 is 0 Å². The number of nitrogens with one attached hydrogen (secondary N) is 1. The van der Waals surface area contributed by atoms with Crippen LogP contribution in [0.5, 0.6) is 0 Å². The number of carbonyl (C=O) groups excluding carboxylic acids is 1. The first-order valence-corrected chi connectivity index (χ1v) is 5.81. The number of amides is 1. The van der Waals surface area contributed by atoms with E-state index in [2.05, 4.69) is 5.32 Å². The molecule has 5 heteroatoms. The van der Waals surface area contributed by atoms with Crippen molar-refractivity contribution >= 4 is 11.6 Å². The lowest BCUT2D eigenvalue weighted by atomic mass is 10.3. The predicted octanol–water partition coefficient (Wildman–Crippen LogP) is 2.00. The van der Waals surface area contributed by atoms with Crippen LogP contribution in [0.15, 0.2) is 24.3 Å². The number of nitriles is 1. The standard InChI is InChI=1S/C13H16FN3O/c1-2-17(9-5-8-15)10-13(18)16-12-7-4-3-6-11(12)14/h3-4,6-7H,2,5,9-10H2,1H3,(H,16,18). The number of carbonyl (C=O) groups is 1. The average molecular weight is 249 g/mol. The Hall–Kier alpha value is -1.93. The van der Waals surface area contributed by atoms with Gasteiger partial charge in [-0.2, -0.15) is 5.26 Å². The van der Waals surface area contributed by atoms with Crippen LogP contribution in [0.25, 0.3) is 0 Å². The summed E-state index contributed by atoms with van der Waals surface area (Å²) in [6.07, 6.45) is 0.376. The highest BCUT2D eigenvalue weighted by molar-refractivity contribution is 5.92. The summed E-state index contributed by atoms with van der Waals surface area (Å²) < 4.78 is 13.3. The number of rotatable bonds is 6. The third-order valence-electron chi connectivity index (χ3n) is 2.50. The second-order valence-corrected chi connectivity index (χ2v) is 3.80. The Morgan fingerprint density at radius 3 is 2.83 bits per heavy atom. The van der Waals surface area contributed by atoms with E-state index in [1.807, 2.05) is 17.9 Å². The first kappa shape index (κ1) is 14.1. The summed E-state index contributed by atoms with van der Waals surface area (Å²) in [4.78, 5) is 13.5. The molecule has 0 aliphatic rings. The molecule has 0 heterocycles. The van der Waals surface area contributed by atoms with Crippen LogP contribution in [0.2, 0.25) is 0 Å². The zero-order valence-corrected chi connectivity index (χ0v) is 10.3. The molecule has 0 fully saturated rings. The Labute approximate surface area is 106 Å². The average Bonchev–Trinajstić information content (AvgIpc) is 2.37. The van der Waals surface area contributed by atoms with Crippen LogP contribution in [0.3, 0.4) is 0 Å².